The first-order valence-corrected chi connectivity index (χ1v) is 7.56. The van der Waals surface area contributed by atoms with E-state index in [1.54, 1.807) is 0 Å². The second kappa shape index (κ2) is 6.69. The van der Waals surface area contributed by atoms with Crippen LogP contribution in [0.25, 0.3) is 10.1 Å². The minimum atomic E-state index is -0.584. The first-order chi connectivity index (χ1) is 10.1. The maximum Gasteiger partial charge on any atom is 0.350 e. The molecule has 1 aromatic heterocycles. The number of carbonyl (C=O) groups is 2. The third kappa shape index (κ3) is 3.22. The van der Waals surface area contributed by atoms with Gasteiger partial charge in [0.2, 0.25) is 5.91 Å². The number of hydrogen-bond donors (Lipinski definition) is 2. The van der Waals surface area contributed by atoms with Crippen molar-refractivity contribution >= 4 is 39.0 Å². The van der Waals surface area contributed by atoms with E-state index < -0.39 is 12.0 Å². The molecule has 0 aliphatic heterocycles. The molecule has 5 nitrogen and oxygen atoms in total. The minimum absolute atomic E-state index is 0.287. The predicted octanol–water partition coefficient (Wildman–Crippen LogP) is 2.75. The van der Waals surface area contributed by atoms with Crippen molar-refractivity contribution in [1.29, 1.82) is 0 Å². The van der Waals surface area contributed by atoms with E-state index in [4.69, 9.17) is 10.5 Å². The molecule has 1 aromatic carbocycles. The second-order valence-electron chi connectivity index (χ2n) is 4.68. The van der Waals surface area contributed by atoms with Gasteiger partial charge >= 0.3 is 5.97 Å². The van der Waals surface area contributed by atoms with Gasteiger partial charge in [-0.3, -0.25) is 4.79 Å². The largest absolute Gasteiger partial charge is 0.465 e. The van der Waals surface area contributed by atoms with Gasteiger partial charge in [0.05, 0.1) is 18.8 Å². The third-order valence-electron chi connectivity index (χ3n) is 3.15. The van der Waals surface area contributed by atoms with E-state index in [2.05, 4.69) is 5.32 Å². The molecule has 0 fully saturated rings. The molecule has 3 N–H and O–H groups in total. The average Bonchev–Trinajstić information content (AvgIpc) is 2.85. The van der Waals surface area contributed by atoms with E-state index in [1.807, 2.05) is 31.2 Å². The highest BCUT2D eigenvalue weighted by atomic mass is 32.1. The first-order valence-electron chi connectivity index (χ1n) is 6.74. The van der Waals surface area contributed by atoms with Gasteiger partial charge in [-0.1, -0.05) is 31.5 Å². The molecule has 6 heteroatoms. The molecular formula is C15H18N2O3S. The number of methoxy groups -OCH3 is 1. The number of esters is 1. The molecule has 112 valence electrons. The Morgan fingerprint density at radius 1 is 1.38 bits per heavy atom. The number of thiophene rings is 1. The normalized spacial score (nSPS) is 12.1. The van der Waals surface area contributed by atoms with Crippen molar-refractivity contribution in [3.63, 3.8) is 0 Å². The number of benzene rings is 1. The van der Waals surface area contributed by atoms with Crippen molar-refractivity contribution < 1.29 is 14.3 Å². The Balaban J connectivity index is 2.41. The SMILES string of the molecule is CCC[C@@H](N)C(=O)Nc1c(C(=O)OC)sc2ccccc12. The van der Waals surface area contributed by atoms with E-state index in [1.165, 1.54) is 18.4 Å². The van der Waals surface area contributed by atoms with Crippen LogP contribution >= 0.6 is 11.3 Å². The molecule has 21 heavy (non-hydrogen) atoms. The number of rotatable bonds is 5. The lowest BCUT2D eigenvalue weighted by Crippen LogP contribution is -2.35. The summed E-state index contributed by atoms with van der Waals surface area (Å²) in [5.41, 5.74) is 6.31. The van der Waals surface area contributed by atoms with E-state index in [0.717, 1.165) is 16.5 Å². The van der Waals surface area contributed by atoms with Gasteiger partial charge in [-0.2, -0.15) is 0 Å². The monoisotopic (exact) mass is 306 g/mol. The number of hydrogen-bond acceptors (Lipinski definition) is 5. The Kier molecular flexibility index (Phi) is 4.93. The van der Waals surface area contributed by atoms with Gasteiger partial charge in [-0.05, 0) is 12.5 Å². The van der Waals surface area contributed by atoms with Crippen LogP contribution in [0.1, 0.15) is 29.4 Å². The minimum Gasteiger partial charge on any atom is -0.465 e. The van der Waals surface area contributed by atoms with Crippen LogP contribution in [-0.2, 0) is 9.53 Å². The smallest absolute Gasteiger partial charge is 0.350 e. The molecule has 0 unspecified atom stereocenters. The van der Waals surface area contributed by atoms with Crippen LogP contribution in [0.4, 0.5) is 5.69 Å². The fourth-order valence-electron chi connectivity index (χ4n) is 2.06. The Labute approximate surface area is 127 Å². The Hall–Kier alpha value is -1.92. The summed E-state index contributed by atoms with van der Waals surface area (Å²) in [6, 6.07) is 6.92. The Bertz CT molecular complexity index is 666. The lowest BCUT2D eigenvalue weighted by Gasteiger charge is -2.11. The summed E-state index contributed by atoms with van der Waals surface area (Å²) in [4.78, 5) is 24.4. The number of amides is 1. The highest BCUT2D eigenvalue weighted by Crippen LogP contribution is 2.36. The summed E-state index contributed by atoms with van der Waals surface area (Å²) < 4.78 is 5.70. The summed E-state index contributed by atoms with van der Waals surface area (Å²) in [6.07, 6.45) is 1.42. The van der Waals surface area contributed by atoms with Gasteiger partial charge in [0.1, 0.15) is 4.88 Å². The van der Waals surface area contributed by atoms with Gasteiger partial charge in [0.25, 0.3) is 0 Å². The summed E-state index contributed by atoms with van der Waals surface area (Å²) in [7, 11) is 1.32. The predicted molar refractivity (Wildman–Crippen MR) is 84.7 cm³/mol. The fourth-order valence-corrected chi connectivity index (χ4v) is 3.14. The fraction of sp³-hybridized carbons (Fsp3) is 0.333. The maximum atomic E-state index is 12.1. The number of fused-ring (bicyclic) bond motifs is 1. The molecule has 2 aromatic rings. The van der Waals surface area contributed by atoms with Gasteiger partial charge in [-0.15, -0.1) is 11.3 Å². The zero-order valence-corrected chi connectivity index (χ0v) is 12.8. The van der Waals surface area contributed by atoms with Gasteiger partial charge < -0.3 is 15.8 Å². The van der Waals surface area contributed by atoms with Crippen molar-refractivity contribution in [3.05, 3.63) is 29.1 Å². The molecule has 0 bridgehead atoms. The van der Waals surface area contributed by atoms with E-state index in [-0.39, 0.29) is 5.91 Å². The van der Waals surface area contributed by atoms with Crippen LogP contribution in [0.2, 0.25) is 0 Å². The molecular weight excluding hydrogens is 288 g/mol. The average molecular weight is 306 g/mol. The van der Waals surface area contributed by atoms with E-state index in [0.29, 0.717) is 17.0 Å². The lowest BCUT2D eigenvalue weighted by atomic mass is 10.1. The molecule has 0 aliphatic carbocycles. The number of carbonyl (C=O) groups excluding carboxylic acids is 2. The van der Waals surface area contributed by atoms with Gasteiger partial charge in [0.15, 0.2) is 0 Å². The lowest BCUT2D eigenvalue weighted by molar-refractivity contribution is -0.117. The van der Waals surface area contributed by atoms with Crippen molar-refractivity contribution in [2.24, 2.45) is 5.73 Å². The van der Waals surface area contributed by atoms with E-state index in [9.17, 15) is 9.59 Å². The summed E-state index contributed by atoms with van der Waals surface area (Å²) in [5, 5.41) is 3.60. The Morgan fingerprint density at radius 2 is 2.10 bits per heavy atom. The van der Waals surface area contributed by atoms with Crippen LogP contribution in [0.5, 0.6) is 0 Å². The summed E-state index contributed by atoms with van der Waals surface area (Å²) in [5.74, 6) is -0.749. The molecule has 0 radical (unpaired) electrons. The van der Waals surface area contributed by atoms with Crippen molar-refractivity contribution in [2.75, 3.05) is 12.4 Å². The second-order valence-corrected chi connectivity index (χ2v) is 5.73. The molecule has 1 amide bonds. The number of nitrogens with two attached hydrogens (primary N) is 1. The van der Waals surface area contributed by atoms with Crippen LogP contribution < -0.4 is 11.1 Å². The standard InChI is InChI=1S/C15H18N2O3S/c1-3-6-10(16)14(18)17-12-9-7-4-5-8-11(9)21-13(12)15(19)20-2/h4-5,7-8,10H,3,6,16H2,1-2H3,(H,17,18)/t10-/m1/s1. The molecule has 1 atom stereocenters. The van der Waals surface area contributed by atoms with Crippen LogP contribution in [0.3, 0.4) is 0 Å². The highest BCUT2D eigenvalue weighted by molar-refractivity contribution is 7.21. The summed E-state index contributed by atoms with van der Waals surface area (Å²) in [6.45, 7) is 1.97. The van der Waals surface area contributed by atoms with Crippen molar-refractivity contribution in [1.82, 2.24) is 0 Å². The zero-order valence-electron chi connectivity index (χ0n) is 12.0. The molecule has 0 spiro atoms. The number of ether oxygens (including phenoxy) is 1. The molecule has 1 heterocycles. The quantitative estimate of drug-likeness (QED) is 0.832. The Morgan fingerprint density at radius 3 is 2.76 bits per heavy atom. The first kappa shape index (κ1) is 15.5. The van der Waals surface area contributed by atoms with Crippen molar-refractivity contribution in [2.45, 2.75) is 25.8 Å². The topological polar surface area (TPSA) is 81.4 Å². The number of anilines is 1. The molecule has 2 rings (SSSR count). The third-order valence-corrected chi connectivity index (χ3v) is 4.30. The summed E-state index contributed by atoms with van der Waals surface area (Å²) >= 11 is 1.29. The van der Waals surface area contributed by atoms with Crippen LogP contribution in [0.15, 0.2) is 24.3 Å². The van der Waals surface area contributed by atoms with Crippen molar-refractivity contribution in [3.8, 4) is 0 Å². The van der Waals surface area contributed by atoms with Crippen LogP contribution in [0, 0.1) is 0 Å². The maximum absolute atomic E-state index is 12.1. The highest BCUT2D eigenvalue weighted by Gasteiger charge is 2.22. The number of nitrogens with one attached hydrogen (secondary N) is 1. The van der Waals surface area contributed by atoms with Crippen LogP contribution in [-0.4, -0.2) is 25.0 Å². The van der Waals surface area contributed by atoms with E-state index >= 15 is 0 Å². The van der Waals surface area contributed by atoms with Gasteiger partial charge in [-0.25, -0.2) is 4.79 Å². The zero-order chi connectivity index (χ0) is 15.4. The molecule has 0 aliphatic rings. The molecule has 0 saturated carbocycles. The molecule has 0 saturated heterocycles. The van der Waals surface area contributed by atoms with Gasteiger partial charge in [0, 0.05) is 10.1 Å².